The third kappa shape index (κ3) is 6.15. The maximum Gasteiger partial charge on any atom is -0.00201 e. The van der Waals surface area contributed by atoms with Gasteiger partial charge in [-0.3, -0.25) is 0 Å². The molecule has 0 N–H and O–H groups in total. The van der Waals surface area contributed by atoms with Crippen LogP contribution in [0.25, 0.3) is 132 Å². The van der Waals surface area contributed by atoms with Crippen LogP contribution in [-0.2, 0) is 0 Å². The summed E-state index contributed by atoms with van der Waals surface area (Å²) in [6, 6.07) is 94.0. The highest BCUT2D eigenvalue weighted by atomic mass is 14.3. The zero-order valence-corrected chi connectivity index (χ0v) is 36.2. The minimum absolute atomic E-state index is 1.19. The molecule has 1 aliphatic rings. The van der Waals surface area contributed by atoms with Gasteiger partial charge in [0.2, 0.25) is 0 Å². The second-order valence-corrected chi connectivity index (χ2v) is 17.5. The van der Waals surface area contributed by atoms with E-state index in [1.54, 1.807) is 0 Å². The van der Waals surface area contributed by atoms with Crippen LogP contribution < -0.4 is 0 Å². The van der Waals surface area contributed by atoms with Crippen LogP contribution in [0.15, 0.2) is 255 Å². The number of benzene rings is 12. The predicted molar refractivity (Wildman–Crippen MR) is 281 cm³/mol. The van der Waals surface area contributed by atoms with Gasteiger partial charge in [0.15, 0.2) is 0 Å². The molecule has 0 bridgehead atoms. The molecule has 0 heteroatoms. The highest BCUT2D eigenvalue weighted by molar-refractivity contribution is 6.19. The van der Waals surface area contributed by atoms with Crippen molar-refractivity contribution in [2.45, 2.75) is 0 Å². The summed E-state index contributed by atoms with van der Waals surface area (Å²) in [5, 5.41) is 7.61. The number of hydrogen-bond acceptors (Lipinski definition) is 0. The lowest BCUT2D eigenvalue weighted by Crippen LogP contribution is -1.93. The summed E-state index contributed by atoms with van der Waals surface area (Å²) < 4.78 is 0. The summed E-state index contributed by atoms with van der Waals surface area (Å²) in [5.41, 5.74) is 22.4. The van der Waals surface area contributed by atoms with E-state index >= 15 is 0 Å². The predicted octanol–water partition coefficient (Wildman–Crippen LogP) is 18.5. The van der Waals surface area contributed by atoms with Crippen LogP contribution >= 0.6 is 0 Å². The van der Waals surface area contributed by atoms with E-state index in [4.69, 9.17) is 0 Å². The lowest BCUT2D eigenvalue weighted by molar-refractivity contribution is 1.58. The van der Waals surface area contributed by atoms with Crippen molar-refractivity contribution in [3.63, 3.8) is 0 Å². The molecule has 12 aromatic rings. The van der Waals surface area contributed by atoms with E-state index in [-0.39, 0.29) is 0 Å². The van der Waals surface area contributed by atoms with Crippen molar-refractivity contribution in [1.29, 1.82) is 0 Å². The summed E-state index contributed by atoms with van der Waals surface area (Å²) in [6.07, 6.45) is 0. The first-order valence-corrected chi connectivity index (χ1v) is 22.9. The van der Waals surface area contributed by atoms with Crippen LogP contribution in [0.3, 0.4) is 0 Å². The molecule has 1 aliphatic carbocycles. The van der Waals surface area contributed by atoms with Crippen LogP contribution in [0, 0.1) is 0 Å². The van der Waals surface area contributed by atoms with E-state index in [9.17, 15) is 0 Å². The molecule has 0 atom stereocenters. The van der Waals surface area contributed by atoms with Crippen LogP contribution in [0.1, 0.15) is 0 Å². The summed E-state index contributed by atoms with van der Waals surface area (Å²) in [7, 11) is 0. The Balaban J connectivity index is 0.981. The quantitative estimate of drug-likeness (QED) is 0.150. The molecule has 0 saturated carbocycles. The van der Waals surface area contributed by atoms with Crippen LogP contribution in [0.2, 0.25) is 0 Å². The average molecular weight is 835 g/mol. The summed E-state index contributed by atoms with van der Waals surface area (Å²) in [6.45, 7) is 0. The van der Waals surface area contributed by atoms with Gasteiger partial charge in [0.1, 0.15) is 0 Å². The van der Waals surface area contributed by atoms with Gasteiger partial charge in [-0.2, -0.15) is 0 Å². The molecule has 0 heterocycles. The zero-order chi connectivity index (χ0) is 43.6. The van der Waals surface area contributed by atoms with Gasteiger partial charge < -0.3 is 0 Å². The molecule has 0 spiro atoms. The Bertz CT molecular complexity index is 3810. The van der Waals surface area contributed by atoms with Gasteiger partial charge >= 0.3 is 0 Å². The first kappa shape index (κ1) is 37.9. The molecule has 0 fully saturated rings. The minimum atomic E-state index is 1.19. The molecule has 12 aromatic carbocycles. The van der Waals surface area contributed by atoms with Crippen LogP contribution in [0.5, 0.6) is 0 Å². The highest BCUT2D eigenvalue weighted by Crippen LogP contribution is 2.50. The molecule has 0 nitrogen and oxygen atoms in total. The fraction of sp³-hybridized carbons (Fsp3) is 0. The SMILES string of the molecule is c1ccc(-c2cccc3c(-c4cccc(-c5ccc6c(-c7ccccc7)c(-c7cccc(-c8ccc9c%10c(cccc8%10)-c8ccccc8-9)c7)ccc6c5-c5ccccc5)c4)cccc23)cc1. The highest BCUT2D eigenvalue weighted by Gasteiger charge is 2.23. The van der Waals surface area contributed by atoms with Crippen molar-refractivity contribution < 1.29 is 0 Å². The molecule has 0 aromatic heterocycles. The number of fused-ring (bicyclic) bond motifs is 5. The molecule has 0 saturated heterocycles. The van der Waals surface area contributed by atoms with Crippen molar-refractivity contribution in [2.24, 2.45) is 0 Å². The summed E-state index contributed by atoms with van der Waals surface area (Å²) in [5.74, 6) is 0. The van der Waals surface area contributed by atoms with Crippen molar-refractivity contribution in [3.05, 3.63) is 255 Å². The lowest BCUT2D eigenvalue weighted by Gasteiger charge is -2.20. The molecular weight excluding hydrogens is 793 g/mol. The van der Waals surface area contributed by atoms with Crippen LogP contribution in [-0.4, -0.2) is 0 Å². The Morgan fingerprint density at radius 2 is 0.470 bits per heavy atom. The molecular formula is C66H42. The van der Waals surface area contributed by atoms with E-state index < -0.39 is 0 Å². The Morgan fingerprint density at radius 1 is 0.152 bits per heavy atom. The van der Waals surface area contributed by atoms with Crippen molar-refractivity contribution in [1.82, 2.24) is 0 Å². The maximum absolute atomic E-state index is 2.40. The standard InChI is InChI=1S/C66H42/c1-4-17-43(18-5-1)50-29-14-32-56-51(30-15-31-55(50)56)46-23-12-25-48(41-46)53-36-39-63-62(64(53)44-19-6-2-7-20-44)40-37-54(65(63)45-21-8-3-9-22-45)49-26-13-24-47(42-49)52-35-38-61-58-28-11-10-27-57(58)60-34-16-33-59(52)66(60)61/h1-42H. The molecule has 0 unspecified atom stereocenters. The first-order chi connectivity index (χ1) is 32.8. The summed E-state index contributed by atoms with van der Waals surface area (Å²) in [4.78, 5) is 0. The van der Waals surface area contributed by atoms with Gasteiger partial charge in [-0.1, -0.05) is 243 Å². The first-order valence-electron chi connectivity index (χ1n) is 22.9. The van der Waals surface area contributed by atoms with E-state index in [0.29, 0.717) is 0 Å². The minimum Gasteiger partial charge on any atom is -0.0622 e. The van der Waals surface area contributed by atoms with Crippen molar-refractivity contribution >= 4 is 32.3 Å². The molecule has 66 heavy (non-hydrogen) atoms. The van der Waals surface area contributed by atoms with Gasteiger partial charge in [0, 0.05) is 0 Å². The Hall–Kier alpha value is -8.58. The Labute approximate surface area is 385 Å². The molecule has 0 aliphatic heterocycles. The van der Waals surface area contributed by atoms with Gasteiger partial charge in [-0.15, -0.1) is 0 Å². The fourth-order valence-electron chi connectivity index (χ4n) is 10.9. The monoisotopic (exact) mass is 834 g/mol. The van der Waals surface area contributed by atoms with Gasteiger partial charge in [0.05, 0.1) is 0 Å². The van der Waals surface area contributed by atoms with Crippen molar-refractivity contribution in [2.75, 3.05) is 0 Å². The van der Waals surface area contributed by atoms with Gasteiger partial charge in [0.25, 0.3) is 0 Å². The van der Waals surface area contributed by atoms with E-state index in [1.165, 1.54) is 132 Å². The largest absolute Gasteiger partial charge is 0.0622 e. The third-order valence-corrected chi connectivity index (χ3v) is 13.8. The Kier molecular flexibility index (Phi) is 8.96. The molecule has 0 radical (unpaired) electrons. The average Bonchev–Trinajstić information content (AvgIpc) is 3.73. The third-order valence-electron chi connectivity index (χ3n) is 13.8. The number of hydrogen-bond donors (Lipinski definition) is 0. The normalized spacial score (nSPS) is 11.6. The van der Waals surface area contributed by atoms with E-state index in [2.05, 4.69) is 255 Å². The molecule has 306 valence electrons. The molecule has 13 rings (SSSR count). The number of rotatable bonds is 7. The second-order valence-electron chi connectivity index (χ2n) is 17.5. The van der Waals surface area contributed by atoms with Crippen LogP contribution in [0.4, 0.5) is 0 Å². The van der Waals surface area contributed by atoms with E-state index in [0.717, 1.165) is 0 Å². The second kappa shape index (κ2) is 15.6. The smallest absolute Gasteiger partial charge is 0.00201 e. The molecule has 0 amide bonds. The van der Waals surface area contributed by atoms with Crippen molar-refractivity contribution in [3.8, 4) is 100 Å². The fourth-order valence-corrected chi connectivity index (χ4v) is 10.9. The topological polar surface area (TPSA) is 0 Å². The lowest BCUT2D eigenvalue weighted by atomic mass is 9.83. The maximum atomic E-state index is 2.40. The zero-order valence-electron chi connectivity index (χ0n) is 36.2. The summed E-state index contributed by atoms with van der Waals surface area (Å²) >= 11 is 0. The van der Waals surface area contributed by atoms with Gasteiger partial charge in [-0.05, 0) is 145 Å². The van der Waals surface area contributed by atoms with Gasteiger partial charge in [-0.25, -0.2) is 0 Å². The Morgan fingerprint density at radius 3 is 0.985 bits per heavy atom. The van der Waals surface area contributed by atoms with E-state index in [1.807, 2.05) is 0 Å².